The van der Waals surface area contributed by atoms with Gasteiger partial charge < -0.3 is 19.7 Å². The van der Waals surface area contributed by atoms with Gasteiger partial charge in [-0.15, -0.1) is 0 Å². The molecule has 1 aromatic rings. The zero-order valence-electron chi connectivity index (χ0n) is 12.3. The molecule has 0 aromatic carbocycles. The predicted octanol–water partition coefficient (Wildman–Crippen LogP) is 0.798. The predicted molar refractivity (Wildman–Crippen MR) is 78.2 cm³/mol. The Morgan fingerprint density at radius 2 is 2.14 bits per heavy atom. The van der Waals surface area contributed by atoms with Crippen LogP contribution in [0.1, 0.15) is 37.8 Å². The molecular weight excluding hydrogens is 272 g/mol. The van der Waals surface area contributed by atoms with Gasteiger partial charge in [0.05, 0.1) is 19.9 Å². The first-order valence-electron chi connectivity index (χ1n) is 7.31. The van der Waals surface area contributed by atoms with E-state index in [1.807, 2.05) is 0 Å². The lowest BCUT2D eigenvalue weighted by Crippen LogP contribution is -2.38. The van der Waals surface area contributed by atoms with Crippen molar-refractivity contribution in [1.29, 1.82) is 0 Å². The SMILES string of the molecule is COc1cn(CC(=O)NC2CCCCC2)c(CO)cc1=O. The zero-order chi connectivity index (χ0) is 15.2. The highest BCUT2D eigenvalue weighted by atomic mass is 16.5. The average Bonchev–Trinajstić information content (AvgIpc) is 2.49. The summed E-state index contributed by atoms with van der Waals surface area (Å²) >= 11 is 0. The number of rotatable bonds is 5. The number of hydrogen-bond donors (Lipinski definition) is 2. The van der Waals surface area contributed by atoms with Crippen LogP contribution in [-0.2, 0) is 17.9 Å². The van der Waals surface area contributed by atoms with Gasteiger partial charge in [0.1, 0.15) is 6.54 Å². The van der Waals surface area contributed by atoms with Crippen molar-refractivity contribution >= 4 is 5.91 Å². The van der Waals surface area contributed by atoms with Gasteiger partial charge in [0.25, 0.3) is 0 Å². The molecule has 0 atom stereocenters. The summed E-state index contributed by atoms with van der Waals surface area (Å²) < 4.78 is 6.52. The van der Waals surface area contributed by atoms with Crippen molar-refractivity contribution in [1.82, 2.24) is 9.88 Å². The lowest BCUT2D eigenvalue weighted by molar-refractivity contribution is -0.122. The highest BCUT2D eigenvalue weighted by Gasteiger charge is 2.16. The Morgan fingerprint density at radius 1 is 1.43 bits per heavy atom. The van der Waals surface area contributed by atoms with E-state index < -0.39 is 0 Å². The van der Waals surface area contributed by atoms with Gasteiger partial charge in [-0.1, -0.05) is 19.3 Å². The maximum Gasteiger partial charge on any atom is 0.240 e. The number of hydrogen-bond acceptors (Lipinski definition) is 4. The largest absolute Gasteiger partial charge is 0.491 e. The minimum Gasteiger partial charge on any atom is -0.491 e. The van der Waals surface area contributed by atoms with Gasteiger partial charge in [0.15, 0.2) is 5.75 Å². The standard InChI is InChI=1S/C15H22N2O4/c1-21-14-8-17(12(10-18)7-13(14)19)9-15(20)16-11-5-3-2-4-6-11/h7-8,11,18H,2-6,9-10H2,1H3,(H,16,20). The number of aliphatic hydroxyl groups excluding tert-OH is 1. The number of ether oxygens (including phenoxy) is 1. The van der Waals surface area contributed by atoms with E-state index in [-0.39, 0.29) is 36.3 Å². The molecule has 0 aliphatic heterocycles. The van der Waals surface area contributed by atoms with Crippen LogP contribution in [-0.4, -0.2) is 28.7 Å². The molecule has 21 heavy (non-hydrogen) atoms. The molecule has 2 rings (SSSR count). The Bertz CT molecular complexity index is 547. The molecule has 1 aromatic heterocycles. The van der Waals surface area contributed by atoms with E-state index in [0.717, 1.165) is 25.7 Å². The third-order valence-corrected chi connectivity index (χ3v) is 3.85. The van der Waals surface area contributed by atoms with E-state index in [0.29, 0.717) is 5.69 Å². The van der Waals surface area contributed by atoms with Crippen molar-refractivity contribution in [3.63, 3.8) is 0 Å². The second-order valence-corrected chi connectivity index (χ2v) is 5.39. The van der Waals surface area contributed by atoms with Crippen LogP contribution in [0.5, 0.6) is 5.75 Å². The summed E-state index contributed by atoms with van der Waals surface area (Å²) in [6, 6.07) is 1.54. The molecule has 2 N–H and O–H groups in total. The van der Waals surface area contributed by atoms with Crippen LogP contribution < -0.4 is 15.5 Å². The number of nitrogens with zero attached hydrogens (tertiary/aromatic N) is 1. The fraction of sp³-hybridized carbons (Fsp3) is 0.600. The minimum atomic E-state index is -0.300. The van der Waals surface area contributed by atoms with Gasteiger partial charge in [-0.3, -0.25) is 9.59 Å². The van der Waals surface area contributed by atoms with Crippen molar-refractivity contribution in [3.05, 3.63) is 28.2 Å². The first-order valence-corrected chi connectivity index (χ1v) is 7.31. The molecule has 0 spiro atoms. The van der Waals surface area contributed by atoms with Gasteiger partial charge in [0, 0.05) is 17.8 Å². The number of carbonyl (C=O) groups is 1. The number of methoxy groups -OCH3 is 1. The fourth-order valence-electron chi connectivity index (χ4n) is 2.71. The Balaban J connectivity index is 2.06. The lowest BCUT2D eigenvalue weighted by Gasteiger charge is -2.23. The van der Waals surface area contributed by atoms with Crippen molar-refractivity contribution in [2.75, 3.05) is 7.11 Å². The topological polar surface area (TPSA) is 80.6 Å². The fourth-order valence-corrected chi connectivity index (χ4v) is 2.71. The molecule has 0 bridgehead atoms. The summed E-state index contributed by atoms with van der Waals surface area (Å²) in [6.45, 7) is -0.223. The van der Waals surface area contributed by atoms with Crippen molar-refractivity contribution in [3.8, 4) is 5.75 Å². The Hall–Kier alpha value is -1.82. The zero-order valence-corrected chi connectivity index (χ0v) is 12.3. The van der Waals surface area contributed by atoms with Crippen LogP contribution in [0.3, 0.4) is 0 Å². The van der Waals surface area contributed by atoms with E-state index in [1.165, 1.54) is 25.8 Å². The Labute approximate surface area is 123 Å². The second-order valence-electron chi connectivity index (χ2n) is 5.39. The van der Waals surface area contributed by atoms with Crippen LogP contribution in [0.15, 0.2) is 17.1 Å². The normalized spacial score (nSPS) is 15.7. The highest BCUT2D eigenvalue weighted by Crippen LogP contribution is 2.17. The van der Waals surface area contributed by atoms with Crippen molar-refractivity contribution in [2.24, 2.45) is 0 Å². The first-order chi connectivity index (χ1) is 10.1. The quantitative estimate of drug-likeness (QED) is 0.841. The van der Waals surface area contributed by atoms with E-state index >= 15 is 0 Å². The van der Waals surface area contributed by atoms with E-state index in [2.05, 4.69) is 5.32 Å². The molecule has 6 heteroatoms. The van der Waals surface area contributed by atoms with E-state index in [1.54, 1.807) is 4.57 Å². The molecule has 0 radical (unpaired) electrons. The first kappa shape index (κ1) is 15.6. The highest BCUT2D eigenvalue weighted by molar-refractivity contribution is 5.76. The van der Waals surface area contributed by atoms with Gasteiger partial charge in [-0.25, -0.2) is 0 Å². The van der Waals surface area contributed by atoms with E-state index in [9.17, 15) is 14.7 Å². The van der Waals surface area contributed by atoms with Crippen LogP contribution >= 0.6 is 0 Å². The Kier molecular flexibility index (Phi) is 5.38. The molecule has 1 saturated carbocycles. The van der Waals surface area contributed by atoms with Gasteiger partial charge in [-0.2, -0.15) is 0 Å². The maximum atomic E-state index is 12.1. The maximum absolute atomic E-state index is 12.1. The van der Waals surface area contributed by atoms with Crippen LogP contribution in [0, 0.1) is 0 Å². The van der Waals surface area contributed by atoms with Gasteiger partial charge >= 0.3 is 0 Å². The van der Waals surface area contributed by atoms with Crippen molar-refractivity contribution < 1.29 is 14.6 Å². The van der Waals surface area contributed by atoms with Crippen LogP contribution in [0.25, 0.3) is 0 Å². The second kappa shape index (κ2) is 7.26. The number of pyridine rings is 1. The third-order valence-electron chi connectivity index (χ3n) is 3.85. The Morgan fingerprint density at radius 3 is 2.76 bits per heavy atom. The molecule has 1 aliphatic carbocycles. The summed E-state index contributed by atoms with van der Waals surface area (Å²) in [6.07, 6.45) is 7.04. The van der Waals surface area contributed by atoms with Crippen LogP contribution in [0.4, 0.5) is 0 Å². The number of nitrogens with one attached hydrogen (secondary N) is 1. The number of amides is 1. The molecule has 0 saturated heterocycles. The molecule has 1 aliphatic rings. The van der Waals surface area contributed by atoms with Crippen molar-refractivity contribution in [2.45, 2.75) is 51.3 Å². The van der Waals surface area contributed by atoms with Gasteiger partial charge in [0.2, 0.25) is 11.3 Å². The van der Waals surface area contributed by atoms with E-state index in [4.69, 9.17) is 4.74 Å². The minimum absolute atomic E-state index is 0.0725. The monoisotopic (exact) mass is 294 g/mol. The molecule has 1 heterocycles. The summed E-state index contributed by atoms with van der Waals surface area (Å²) in [5.41, 5.74) is 0.102. The molecule has 6 nitrogen and oxygen atoms in total. The number of aliphatic hydroxyl groups is 1. The van der Waals surface area contributed by atoms with Gasteiger partial charge in [-0.05, 0) is 12.8 Å². The molecule has 0 unspecified atom stereocenters. The third kappa shape index (κ3) is 4.07. The summed E-state index contributed by atoms with van der Waals surface area (Å²) in [5, 5.41) is 12.3. The lowest BCUT2D eigenvalue weighted by atomic mass is 9.95. The summed E-state index contributed by atoms with van der Waals surface area (Å²) in [5.74, 6) is 0.0555. The number of carbonyl (C=O) groups excluding carboxylic acids is 1. The summed E-state index contributed by atoms with van der Waals surface area (Å²) in [4.78, 5) is 23.7. The molecule has 116 valence electrons. The average molecular weight is 294 g/mol. The molecule has 1 fully saturated rings. The molecular formula is C15H22N2O4. The molecule has 1 amide bonds. The smallest absolute Gasteiger partial charge is 0.240 e. The van der Waals surface area contributed by atoms with Crippen LogP contribution in [0.2, 0.25) is 0 Å². The summed E-state index contributed by atoms with van der Waals surface area (Å²) in [7, 11) is 1.40. The number of aromatic nitrogens is 1.